The predicted molar refractivity (Wildman–Crippen MR) is 145 cm³/mol. The fraction of sp³-hybridized carbons (Fsp3) is 0.333. The van der Waals surface area contributed by atoms with Crippen LogP contribution in [0.5, 0.6) is 5.75 Å². The van der Waals surface area contributed by atoms with Gasteiger partial charge >= 0.3 is 0 Å². The van der Waals surface area contributed by atoms with Crippen molar-refractivity contribution in [2.45, 2.75) is 38.8 Å². The lowest BCUT2D eigenvalue weighted by atomic mass is 10.1. The second kappa shape index (κ2) is 12.3. The van der Waals surface area contributed by atoms with Crippen molar-refractivity contribution >= 4 is 46.0 Å². The van der Waals surface area contributed by atoms with Crippen LogP contribution in [0.4, 0.5) is 5.69 Å². The molecule has 3 aromatic rings. The van der Waals surface area contributed by atoms with E-state index in [1.807, 2.05) is 37.4 Å². The molecular formula is C27H29ClN6O4. The van der Waals surface area contributed by atoms with Gasteiger partial charge in [-0.25, -0.2) is 4.99 Å². The number of benzene rings is 2. The van der Waals surface area contributed by atoms with Gasteiger partial charge in [-0.05, 0) is 68.1 Å². The van der Waals surface area contributed by atoms with Gasteiger partial charge < -0.3 is 24.7 Å². The Balaban J connectivity index is 1.41. The zero-order chi connectivity index (χ0) is 27.1. The molecular weight excluding hydrogens is 508 g/mol. The number of guanidine groups is 1. The maximum Gasteiger partial charge on any atom is 0.247 e. The van der Waals surface area contributed by atoms with E-state index in [0.717, 1.165) is 35.1 Å². The Kier molecular flexibility index (Phi) is 8.71. The number of likely N-dealkylation sites (tertiary alicyclic amines) is 1. The van der Waals surface area contributed by atoms with Crippen LogP contribution >= 0.6 is 11.6 Å². The number of nitrogens with zero attached hydrogens (tertiary/aromatic N) is 3. The van der Waals surface area contributed by atoms with Gasteiger partial charge in [0.15, 0.2) is 6.19 Å². The highest BCUT2D eigenvalue weighted by Gasteiger charge is 2.28. The highest BCUT2D eigenvalue weighted by Crippen LogP contribution is 2.25. The van der Waals surface area contributed by atoms with Crippen LogP contribution in [-0.4, -0.2) is 48.9 Å². The Morgan fingerprint density at radius 3 is 2.87 bits per heavy atom. The summed E-state index contributed by atoms with van der Waals surface area (Å²) in [6, 6.07) is 12.0. The number of carbonyl (C=O) groups is 2. The first-order chi connectivity index (χ1) is 18.4. The number of ether oxygens (including phenoxy) is 1. The molecule has 1 unspecified atom stereocenters. The molecule has 198 valence electrons. The Hall–Kier alpha value is -4.23. The lowest BCUT2D eigenvalue weighted by Crippen LogP contribution is -2.44. The second-order valence-electron chi connectivity index (χ2n) is 8.97. The normalized spacial score (nSPS) is 16.1. The summed E-state index contributed by atoms with van der Waals surface area (Å²) in [6.45, 7) is 2.51. The van der Waals surface area contributed by atoms with Crippen molar-refractivity contribution in [2.75, 3.05) is 25.5 Å². The monoisotopic (exact) mass is 536 g/mol. The van der Waals surface area contributed by atoms with E-state index in [1.165, 1.54) is 12.0 Å². The fourth-order valence-corrected chi connectivity index (χ4v) is 4.59. The van der Waals surface area contributed by atoms with Crippen LogP contribution in [0.2, 0.25) is 5.02 Å². The average molecular weight is 537 g/mol. The molecule has 38 heavy (non-hydrogen) atoms. The molecule has 0 spiro atoms. The Labute approximate surface area is 225 Å². The molecule has 1 atom stereocenters. The van der Waals surface area contributed by atoms with Gasteiger partial charge in [0.2, 0.25) is 17.8 Å². The van der Waals surface area contributed by atoms with E-state index in [4.69, 9.17) is 20.8 Å². The van der Waals surface area contributed by atoms with Crippen LogP contribution in [0.25, 0.3) is 11.0 Å². The molecule has 4 rings (SSSR count). The molecule has 1 aliphatic rings. The van der Waals surface area contributed by atoms with E-state index in [-0.39, 0.29) is 30.9 Å². The number of aryl methyl sites for hydroxylation is 1. The standard InChI is InChI=1S/C27H29ClN6O4/c1-17-11-19-13-20(7-9-23(19)38-17)32-27(31-16-29)33-22-5-3-4-10-34(26(22)36)15-25(35)30-14-18-6-8-24(37-2)21(28)12-18/h6-9,11-13,22H,3-5,10,14-15H2,1-2H3,(H,30,35)(H2,31,32,33). The molecule has 10 nitrogen and oxygen atoms in total. The van der Waals surface area contributed by atoms with E-state index >= 15 is 0 Å². The van der Waals surface area contributed by atoms with Crippen molar-refractivity contribution in [2.24, 2.45) is 4.99 Å². The number of nitrogens with one attached hydrogen (secondary N) is 3. The molecule has 0 radical (unpaired) electrons. The van der Waals surface area contributed by atoms with Gasteiger partial charge in [0, 0.05) is 24.2 Å². The molecule has 0 aliphatic carbocycles. The Morgan fingerprint density at radius 1 is 1.26 bits per heavy atom. The molecule has 0 saturated carbocycles. The predicted octanol–water partition coefficient (Wildman–Crippen LogP) is 3.94. The topological polar surface area (TPSA) is 132 Å². The van der Waals surface area contributed by atoms with Crippen LogP contribution in [0.15, 0.2) is 51.9 Å². The molecule has 1 fully saturated rings. The zero-order valence-electron chi connectivity index (χ0n) is 21.2. The summed E-state index contributed by atoms with van der Waals surface area (Å²) >= 11 is 6.16. The van der Waals surface area contributed by atoms with E-state index in [9.17, 15) is 14.9 Å². The van der Waals surface area contributed by atoms with E-state index in [2.05, 4.69) is 20.9 Å². The number of halogens is 1. The number of rotatable bonds is 7. The minimum atomic E-state index is -0.728. The van der Waals surface area contributed by atoms with Gasteiger partial charge in [-0.1, -0.05) is 17.7 Å². The van der Waals surface area contributed by atoms with E-state index in [1.54, 1.807) is 18.2 Å². The van der Waals surface area contributed by atoms with Gasteiger partial charge in [-0.15, -0.1) is 0 Å². The van der Waals surface area contributed by atoms with Crippen molar-refractivity contribution < 1.29 is 18.7 Å². The van der Waals surface area contributed by atoms with Crippen molar-refractivity contribution in [1.29, 1.82) is 5.26 Å². The molecule has 2 aromatic carbocycles. The Morgan fingerprint density at radius 2 is 2.11 bits per heavy atom. The smallest absolute Gasteiger partial charge is 0.247 e. The Bertz CT molecular complexity index is 1400. The number of carbonyl (C=O) groups excluding carboxylic acids is 2. The second-order valence-corrected chi connectivity index (χ2v) is 9.37. The number of hydrogen-bond donors (Lipinski definition) is 3. The highest BCUT2D eigenvalue weighted by atomic mass is 35.5. The minimum Gasteiger partial charge on any atom is -0.495 e. The summed E-state index contributed by atoms with van der Waals surface area (Å²) in [5.41, 5.74) is 2.26. The number of furan rings is 1. The maximum absolute atomic E-state index is 13.3. The minimum absolute atomic E-state index is 0.0836. The molecule has 11 heteroatoms. The van der Waals surface area contributed by atoms with Crippen LogP contribution in [-0.2, 0) is 16.1 Å². The number of aliphatic imine (C=N–C) groups is 1. The quantitative estimate of drug-likeness (QED) is 0.180. The lowest BCUT2D eigenvalue weighted by molar-refractivity contribution is -0.136. The van der Waals surface area contributed by atoms with Gasteiger partial charge in [0.25, 0.3) is 0 Å². The number of nitriles is 1. The molecule has 1 aliphatic heterocycles. The van der Waals surface area contributed by atoms with Gasteiger partial charge in [-0.2, -0.15) is 5.26 Å². The van der Waals surface area contributed by atoms with Gasteiger partial charge in [-0.3, -0.25) is 14.9 Å². The fourth-order valence-electron chi connectivity index (χ4n) is 4.31. The van der Waals surface area contributed by atoms with E-state index < -0.39 is 6.04 Å². The lowest BCUT2D eigenvalue weighted by Gasteiger charge is -2.22. The summed E-state index contributed by atoms with van der Waals surface area (Å²) < 4.78 is 10.8. The molecule has 0 bridgehead atoms. The third-order valence-electron chi connectivity index (χ3n) is 6.15. The molecule has 2 amide bonds. The van der Waals surface area contributed by atoms with Crippen molar-refractivity contribution in [1.82, 2.24) is 15.5 Å². The molecule has 1 saturated heterocycles. The third kappa shape index (κ3) is 6.75. The number of fused-ring (bicyclic) bond motifs is 1. The summed E-state index contributed by atoms with van der Waals surface area (Å²) in [5.74, 6) is 0.966. The first-order valence-electron chi connectivity index (χ1n) is 12.2. The number of hydrogen-bond acceptors (Lipinski definition) is 6. The third-order valence-corrected chi connectivity index (χ3v) is 6.45. The maximum atomic E-state index is 13.3. The SMILES string of the molecule is COc1ccc(CNC(=O)CN2CCCCC(N=C(NC#N)Nc3ccc4oc(C)cc4c3)C2=O)cc1Cl. The largest absolute Gasteiger partial charge is 0.495 e. The summed E-state index contributed by atoms with van der Waals surface area (Å²) in [7, 11) is 1.54. The summed E-state index contributed by atoms with van der Waals surface area (Å²) in [6.07, 6.45) is 3.90. The van der Waals surface area contributed by atoms with Crippen molar-refractivity contribution in [3.05, 3.63) is 58.8 Å². The zero-order valence-corrected chi connectivity index (χ0v) is 22.0. The highest BCUT2D eigenvalue weighted by molar-refractivity contribution is 6.32. The summed E-state index contributed by atoms with van der Waals surface area (Å²) in [4.78, 5) is 32.0. The number of amides is 2. The van der Waals surface area contributed by atoms with Crippen molar-refractivity contribution in [3.8, 4) is 11.9 Å². The van der Waals surface area contributed by atoms with Crippen LogP contribution in [0.3, 0.4) is 0 Å². The summed E-state index contributed by atoms with van der Waals surface area (Å²) in [5, 5.41) is 19.1. The molecule has 2 heterocycles. The van der Waals surface area contributed by atoms with Gasteiger partial charge in [0.1, 0.15) is 23.1 Å². The van der Waals surface area contributed by atoms with Gasteiger partial charge in [0.05, 0.1) is 18.7 Å². The number of anilines is 1. The molecule has 3 N–H and O–H groups in total. The first-order valence-corrected chi connectivity index (χ1v) is 12.6. The van der Waals surface area contributed by atoms with Crippen LogP contribution in [0.1, 0.15) is 30.6 Å². The van der Waals surface area contributed by atoms with E-state index in [0.29, 0.717) is 29.4 Å². The average Bonchev–Trinajstić information content (AvgIpc) is 3.18. The van der Waals surface area contributed by atoms with Crippen LogP contribution in [0, 0.1) is 18.4 Å². The molecule has 1 aromatic heterocycles. The number of methoxy groups -OCH3 is 1. The van der Waals surface area contributed by atoms with Crippen molar-refractivity contribution in [3.63, 3.8) is 0 Å². The van der Waals surface area contributed by atoms with Crippen LogP contribution < -0.4 is 20.7 Å². The first kappa shape index (κ1) is 26.8.